The molecule has 0 spiro atoms. The van der Waals surface area contributed by atoms with Gasteiger partial charge in [-0.3, -0.25) is 0 Å². The van der Waals surface area contributed by atoms with E-state index in [1.165, 1.54) is 0 Å². The molecule has 2 rings (SSSR count). The maximum Gasteiger partial charge on any atom is 0.129 e. The minimum atomic E-state index is 0.00109. The van der Waals surface area contributed by atoms with Crippen molar-refractivity contribution in [3.05, 3.63) is 23.9 Å². The van der Waals surface area contributed by atoms with Crippen molar-refractivity contribution >= 4 is 5.82 Å². The summed E-state index contributed by atoms with van der Waals surface area (Å²) in [6, 6.07) is 4.14. The summed E-state index contributed by atoms with van der Waals surface area (Å²) in [6.45, 7) is 8.71. The first kappa shape index (κ1) is 12.3. The van der Waals surface area contributed by atoms with Crippen molar-refractivity contribution in [1.29, 1.82) is 0 Å². The minimum Gasteiger partial charge on any atom is -0.377 e. The molecular weight excluding hydrogens is 214 g/mol. The van der Waals surface area contributed by atoms with Gasteiger partial charge in [-0.05, 0) is 32.4 Å². The molecule has 0 bridgehead atoms. The van der Waals surface area contributed by atoms with E-state index in [-0.39, 0.29) is 11.6 Å². The summed E-state index contributed by atoms with van der Waals surface area (Å²) < 4.78 is 5.51. The molecule has 1 aromatic rings. The Balaban J connectivity index is 2.21. The number of hydrogen-bond donors (Lipinski definition) is 1. The summed E-state index contributed by atoms with van der Waals surface area (Å²) >= 11 is 0. The summed E-state index contributed by atoms with van der Waals surface area (Å²) in [5.41, 5.74) is 6.89. The highest BCUT2D eigenvalue weighted by atomic mass is 16.5. The van der Waals surface area contributed by atoms with Crippen molar-refractivity contribution in [2.75, 3.05) is 24.7 Å². The molecule has 0 unspecified atom stereocenters. The van der Waals surface area contributed by atoms with Gasteiger partial charge >= 0.3 is 0 Å². The van der Waals surface area contributed by atoms with E-state index in [1.54, 1.807) is 0 Å². The molecule has 17 heavy (non-hydrogen) atoms. The summed E-state index contributed by atoms with van der Waals surface area (Å²) in [4.78, 5) is 6.80. The Morgan fingerprint density at radius 3 is 2.76 bits per heavy atom. The first-order valence-electron chi connectivity index (χ1n) is 6.07. The number of ether oxygens (including phenoxy) is 1. The van der Waals surface area contributed by atoms with Gasteiger partial charge in [0.15, 0.2) is 0 Å². The Kier molecular flexibility index (Phi) is 3.35. The van der Waals surface area contributed by atoms with Crippen LogP contribution in [-0.2, 0) is 4.74 Å². The molecule has 1 atom stereocenters. The van der Waals surface area contributed by atoms with Gasteiger partial charge in [-0.15, -0.1) is 0 Å². The number of anilines is 1. The van der Waals surface area contributed by atoms with Gasteiger partial charge in [0.05, 0.1) is 18.8 Å². The van der Waals surface area contributed by atoms with Gasteiger partial charge in [0.25, 0.3) is 0 Å². The quantitative estimate of drug-likeness (QED) is 0.848. The van der Waals surface area contributed by atoms with Gasteiger partial charge in [-0.1, -0.05) is 6.07 Å². The molecule has 94 valence electrons. The molecule has 4 nitrogen and oxygen atoms in total. The predicted octanol–water partition coefficient (Wildman–Crippen LogP) is 1.72. The number of nitrogens with two attached hydrogens (primary N) is 1. The zero-order valence-corrected chi connectivity index (χ0v) is 10.8. The Morgan fingerprint density at radius 1 is 1.47 bits per heavy atom. The van der Waals surface area contributed by atoms with Crippen LogP contribution in [0.5, 0.6) is 0 Å². The molecule has 0 aliphatic carbocycles. The second kappa shape index (κ2) is 4.63. The van der Waals surface area contributed by atoms with E-state index >= 15 is 0 Å². The third kappa shape index (κ3) is 2.58. The summed E-state index contributed by atoms with van der Waals surface area (Å²) in [7, 11) is 0. The number of pyridine rings is 1. The smallest absolute Gasteiger partial charge is 0.129 e. The average Bonchev–Trinajstić information content (AvgIpc) is 2.28. The molecule has 1 fully saturated rings. The lowest BCUT2D eigenvalue weighted by molar-refractivity contribution is 0.0639. The molecular formula is C13H21N3O. The molecule has 1 aliphatic rings. The second-order valence-corrected chi connectivity index (χ2v) is 5.26. The molecule has 4 heteroatoms. The van der Waals surface area contributed by atoms with Gasteiger partial charge in [-0.2, -0.15) is 0 Å². The molecule has 0 saturated carbocycles. The Morgan fingerprint density at radius 2 is 2.24 bits per heavy atom. The number of morpholine rings is 1. The molecule has 2 N–H and O–H groups in total. The van der Waals surface area contributed by atoms with E-state index < -0.39 is 0 Å². The van der Waals surface area contributed by atoms with E-state index in [4.69, 9.17) is 10.5 Å². The highest BCUT2D eigenvalue weighted by Gasteiger charge is 2.31. The first-order valence-corrected chi connectivity index (χ1v) is 6.07. The first-order chi connectivity index (χ1) is 8.00. The van der Waals surface area contributed by atoms with E-state index in [9.17, 15) is 0 Å². The number of nitrogens with zero attached hydrogens (tertiary/aromatic N) is 2. The summed E-state index contributed by atoms with van der Waals surface area (Å²) in [5.74, 6) is 1.00. The molecule has 1 saturated heterocycles. The maximum atomic E-state index is 5.82. The van der Waals surface area contributed by atoms with E-state index in [1.807, 2.05) is 19.2 Å². The Hall–Kier alpha value is -1.13. The number of aromatic nitrogens is 1. The molecule has 1 aromatic heterocycles. The van der Waals surface area contributed by atoms with Crippen molar-refractivity contribution < 1.29 is 4.74 Å². The van der Waals surface area contributed by atoms with Gasteiger partial charge in [-0.25, -0.2) is 4.98 Å². The number of rotatable bonds is 2. The summed E-state index contributed by atoms with van der Waals surface area (Å²) in [6.07, 6.45) is 1.87. The van der Waals surface area contributed by atoms with Crippen molar-refractivity contribution in [1.82, 2.24) is 4.98 Å². The van der Waals surface area contributed by atoms with Crippen LogP contribution in [0, 0.1) is 0 Å². The molecule has 0 radical (unpaired) electrons. The van der Waals surface area contributed by atoms with Crippen LogP contribution in [0.25, 0.3) is 0 Å². The fraction of sp³-hybridized carbons (Fsp3) is 0.615. The largest absolute Gasteiger partial charge is 0.377 e. The van der Waals surface area contributed by atoms with Crippen LogP contribution in [0.15, 0.2) is 18.3 Å². The van der Waals surface area contributed by atoms with Gasteiger partial charge in [0, 0.05) is 18.8 Å². The lowest BCUT2D eigenvalue weighted by Crippen LogP contribution is -2.53. The zero-order valence-electron chi connectivity index (χ0n) is 10.8. The third-order valence-corrected chi connectivity index (χ3v) is 3.22. The molecule has 0 amide bonds. The minimum absolute atomic E-state index is 0.00109. The van der Waals surface area contributed by atoms with E-state index in [0.717, 1.165) is 31.1 Å². The fourth-order valence-corrected chi connectivity index (χ4v) is 2.11. The monoisotopic (exact) mass is 235 g/mol. The zero-order chi connectivity index (χ0) is 12.5. The highest BCUT2D eigenvalue weighted by Crippen LogP contribution is 2.25. The number of hydrogen-bond acceptors (Lipinski definition) is 4. The van der Waals surface area contributed by atoms with Crippen LogP contribution in [0.2, 0.25) is 0 Å². The lowest BCUT2D eigenvalue weighted by Gasteiger charge is -2.43. The van der Waals surface area contributed by atoms with Crippen LogP contribution < -0.4 is 10.6 Å². The molecule has 2 heterocycles. The fourth-order valence-electron chi connectivity index (χ4n) is 2.11. The average molecular weight is 235 g/mol. The predicted molar refractivity (Wildman–Crippen MR) is 69.1 cm³/mol. The van der Waals surface area contributed by atoms with Crippen LogP contribution in [-0.4, -0.2) is 30.3 Å². The van der Waals surface area contributed by atoms with Crippen LogP contribution in [0.1, 0.15) is 32.4 Å². The molecule has 1 aliphatic heterocycles. The van der Waals surface area contributed by atoms with Gasteiger partial charge in [0.1, 0.15) is 5.82 Å². The van der Waals surface area contributed by atoms with Crippen molar-refractivity contribution in [2.24, 2.45) is 5.73 Å². The van der Waals surface area contributed by atoms with Crippen LogP contribution >= 0.6 is 0 Å². The lowest BCUT2D eigenvalue weighted by atomic mass is 10.0. The standard InChI is InChI=1S/C13H21N3O/c1-10(14)11-4-5-12(15-8-11)16-6-7-17-9-13(16,2)3/h4-5,8,10H,6-7,9,14H2,1-3H3/t10-/m1/s1. The van der Waals surface area contributed by atoms with Crippen LogP contribution in [0.3, 0.4) is 0 Å². The van der Waals surface area contributed by atoms with E-state index in [0.29, 0.717) is 0 Å². The normalized spacial score (nSPS) is 21.3. The maximum absolute atomic E-state index is 5.82. The topological polar surface area (TPSA) is 51.4 Å². The van der Waals surface area contributed by atoms with Crippen molar-refractivity contribution in [3.8, 4) is 0 Å². The molecule has 0 aromatic carbocycles. The Labute approximate surface area is 103 Å². The SMILES string of the molecule is C[C@@H](N)c1ccc(N2CCOCC2(C)C)nc1. The highest BCUT2D eigenvalue weighted by molar-refractivity contribution is 5.43. The Bertz CT molecular complexity index is 373. The van der Waals surface area contributed by atoms with Gasteiger partial charge in [0.2, 0.25) is 0 Å². The van der Waals surface area contributed by atoms with Crippen molar-refractivity contribution in [3.63, 3.8) is 0 Å². The summed E-state index contributed by atoms with van der Waals surface area (Å²) in [5, 5.41) is 0. The second-order valence-electron chi connectivity index (χ2n) is 5.26. The van der Waals surface area contributed by atoms with Crippen molar-refractivity contribution in [2.45, 2.75) is 32.4 Å². The van der Waals surface area contributed by atoms with E-state index in [2.05, 4.69) is 29.8 Å². The third-order valence-electron chi connectivity index (χ3n) is 3.22. The van der Waals surface area contributed by atoms with Crippen LogP contribution in [0.4, 0.5) is 5.82 Å². The van der Waals surface area contributed by atoms with Gasteiger partial charge < -0.3 is 15.4 Å².